The maximum absolute atomic E-state index is 4.72. The van der Waals surface area contributed by atoms with E-state index >= 15 is 0 Å². The first-order valence-corrected chi connectivity index (χ1v) is 5.46. The quantitative estimate of drug-likeness (QED) is 0.559. The Kier molecular flexibility index (Phi) is 6.66. The lowest BCUT2D eigenvalue weighted by Crippen LogP contribution is -1.91. The minimum absolute atomic E-state index is 0.713. The normalized spacial score (nSPS) is 15.3. The van der Waals surface area contributed by atoms with Crippen molar-refractivity contribution < 1.29 is 19.6 Å². The maximum Gasteiger partial charge on any atom is 0.159 e. The molecule has 0 unspecified atom stereocenters. The van der Waals surface area contributed by atoms with Crippen LogP contribution in [0.3, 0.4) is 0 Å². The number of allylic oxidation sites excluding steroid dienone is 6. The number of hydrogen-bond donors (Lipinski definition) is 0. The van der Waals surface area contributed by atoms with Crippen molar-refractivity contribution in [1.82, 2.24) is 0 Å². The van der Waals surface area contributed by atoms with Crippen molar-refractivity contribution in [3.63, 3.8) is 0 Å². The van der Waals surface area contributed by atoms with Crippen LogP contribution in [-0.2, 0) is 19.6 Å². The van der Waals surface area contributed by atoms with Crippen LogP contribution in [0.15, 0.2) is 73.7 Å². The molecule has 4 nitrogen and oxygen atoms in total. The molecule has 0 spiro atoms. The van der Waals surface area contributed by atoms with Crippen LogP contribution in [0.2, 0.25) is 0 Å². The molecular weight excluding hydrogens is 232 g/mol. The van der Waals surface area contributed by atoms with Crippen LogP contribution in [-0.4, -0.2) is 0 Å². The van der Waals surface area contributed by atoms with E-state index in [1.807, 2.05) is 12.2 Å². The zero-order chi connectivity index (χ0) is 13.1. The third-order valence-electron chi connectivity index (χ3n) is 1.83. The van der Waals surface area contributed by atoms with Gasteiger partial charge in [-0.25, -0.2) is 0 Å². The van der Waals surface area contributed by atoms with Crippen LogP contribution in [0.1, 0.15) is 12.8 Å². The first-order valence-electron chi connectivity index (χ1n) is 5.46. The van der Waals surface area contributed by atoms with Crippen LogP contribution in [0.5, 0.6) is 0 Å². The highest BCUT2D eigenvalue weighted by Gasteiger charge is 1.97. The molecule has 0 fully saturated rings. The molecule has 2 aliphatic heterocycles. The molecule has 0 aliphatic carbocycles. The van der Waals surface area contributed by atoms with Gasteiger partial charge in [-0.15, -0.1) is 13.2 Å². The Hall–Kier alpha value is -2.36. The minimum atomic E-state index is 0.713. The molecule has 96 valence electrons. The third-order valence-corrected chi connectivity index (χ3v) is 1.83. The molecule has 0 aromatic carbocycles. The monoisotopic (exact) mass is 248 g/mol. The van der Waals surface area contributed by atoms with Gasteiger partial charge in [-0.2, -0.15) is 0 Å². The van der Waals surface area contributed by atoms with Crippen molar-refractivity contribution in [2.24, 2.45) is 0 Å². The largest absolute Gasteiger partial charge is 0.298 e. The van der Waals surface area contributed by atoms with Gasteiger partial charge in [0.15, 0.2) is 11.5 Å². The van der Waals surface area contributed by atoms with E-state index in [2.05, 4.69) is 22.9 Å². The summed E-state index contributed by atoms with van der Waals surface area (Å²) in [7, 11) is 0. The summed E-state index contributed by atoms with van der Waals surface area (Å²) in [5.41, 5.74) is 0. The molecule has 18 heavy (non-hydrogen) atoms. The second-order valence-electron chi connectivity index (χ2n) is 3.27. The van der Waals surface area contributed by atoms with Crippen molar-refractivity contribution in [3.8, 4) is 0 Å². The zero-order valence-electron chi connectivity index (χ0n) is 10.1. The Labute approximate surface area is 107 Å². The van der Waals surface area contributed by atoms with Gasteiger partial charge < -0.3 is 0 Å². The van der Waals surface area contributed by atoms with E-state index in [0.29, 0.717) is 12.8 Å². The van der Waals surface area contributed by atoms with Crippen molar-refractivity contribution in [3.05, 3.63) is 73.7 Å². The van der Waals surface area contributed by atoms with E-state index in [1.54, 1.807) is 24.3 Å². The Balaban J connectivity index is 0.000000180. The van der Waals surface area contributed by atoms with Crippen molar-refractivity contribution in [1.29, 1.82) is 0 Å². The molecule has 0 N–H and O–H groups in total. The van der Waals surface area contributed by atoms with Gasteiger partial charge >= 0.3 is 0 Å². The molecule has 0 saturated carbocycles. The van der Waals surface area contributed by atoms with Crippen LogP contribution in [0.25, 0.3) is 0 Å². The highest BCUT2D eigenvalue weighted by atomic mass is 17.2. The number of hydrogen-bond acceptors (Lipinski definition) is 4. The van der Waals surface area contributed by atoms with Gasteiger partial charge in [0.05, 0.1) is 0 Å². The van der Waals surface area contributed by atoms with Crippen LogP contribution in [0.4, 0.5) is 0 Å². The predicted octanol–water partition coefficient (Wildman–Crippen LogP) is 3.84. The summed E-state index contributed by atoms with van der Waals surface area (Å²) in [6.45, 7) is 7.11. The van der Waals surface area contributed by atoms with E-state index < -0.39 is 0 Å². The van der Waals surface area contributed by atoms with E-state index in [-0.39, 0.29) is 0 Å². The maximum atomic E-state index is 4.72. The first kappa shape index (κ1) is 13.7. The van der Waals surface area contributed by atoms with Gasteiger partial charge in [-0.3, -0.25) is 19.6 Å². The Bertz CT molecular complexity index is 351. The highest BCUT2D eigenvalue weighted by molar-refractivity contribution is 5.10. The van der Waals surface area contributed by atoms with Gasteiger partial charge in [0.1, 0.15) is 12.5 Å². The fourth-order valence-corrected chi connectivity index (χ4v) is 1.08. The standard InChI is InChI=1S/2C7H8O2/c2*1-2-4-7-5-3-6-8-9-7/h2*2-3,5-6H,1,4H2. The minimum Gasteiger partial charge on any atom is -0.298 e. The summed E-state index contributed by atoms with van der Waals surface area (Å²) in [5, 5.41) is 0. The number of rotatable bonds is 4. The van der Waals surface area contributed by atoms with Crippen LogP contribution >= 0.6 is 0 Å². The molecule has 0 saturated heterocycles. The molecule has 2 heterocycles. The topological polar surface area (TPSA) is 36.9 Å². The Morgan fingerprint density at radius 2 is 1.28 bits per heavy atom. The summed E-state index contributed by atoms with van der Waals surface area (Å²) in [4.78, 5) is 18.5. The Morgan fingerprint density at radius 3 is 1.56 bits per heavy atom. The molecule has 2 rings (SSSR count). The average molecular weight is 248 g/mol. The van der Waals surface area contributed by atoms with E-state index in [0.717, 1.165) is 11.5 Å². The summed E-state index contributed by atoms with van der Waals surface area (Å²) in [5.74, 6) is 1.57. The fraction of sp³-hybridized carbons (Fsp3) is 0.143. The average Bonchev–Trinajstić information content (AvgIpc) is 2.43. The highest BCUT2D eigenvalue weighted by Crippen LogP contribution is 2.09. The van der Waals surface area contributed by atoms with Crippen LogP contribution < -0.4 is 0 Å². The Morgan fingerprint density at radius 1 is 0.833 bits per heavy atom. The lowest BCUT2D eigenvalue weighted by molar-refractivity contribution is -0.215. The van der Waals surface area contributed by atoms with Gasteiger partial charge in [0, 0.05) is 12.8 Å². The van der Waals surface area contributed by atoms with Crippen molar-refractivity contribution in [2.45, 2.75) is 12.8 Å². The predicted molar refractivity (Wildman–Crippen MR) is 68.4 cm³/mol. The SMILES string of the molecule is C=CCC1=CC=COO1.C=CCC1=CC=COO1. The molecule has 0 aromatic heterocycles. The lowest BCUT2D eigenvalue weighted by Gasteiger charge is -2.06. The van der Waals surface area contributed by atoms with Gasteiger partial charge in [-0.05, 0) is 24.3 Å². The van der Waals surface area contributed by atoms with Gasteiger partial charge in [0.25, 0.3) is 0 Å². The molecule has 2 aliphatic rings. The third kappa shape index (κ3) is 5.65. The molecular formula is C14H16O4. The zero-order valence-corrected chi connectivity index (χ0v) is 10.1. The smallest absolute Gasteiger partial charge is 0.159 e. The molecule has 0 atom stereocenters. The van der Waals surface area contributed by atoms with E-state index in [9.17, 15) is 0 Å². The van der Waals surface area contributed by atoms with Gasteiger partial charge in [-0.1, -0.05) is 12.2 Å². The van der Waals surface area contributed by atoms with E-state index in [4.69, 9.17) is 9.78 Å². The molecule has 0 bridgehead atoms. The second kappa shape index (κ2) is 8.75. The summed E-state index contributed by atoms with van der Waals surface area (Å²) in [6, 6.07) is 0. The summed E-state index contributed by atoms with van der Waals surface area (Å²) in [6.07, 6.45) is 15.1. The molecule has 4 heteroatoms. The van der Waals surface area contributed by atoms with Crippen molar-refractivity contribution in [2.75, 3.05) is 0 Å². The first-order chi connectivity index (χ1) is 8.86. The molecule has 0 aromatic rings. The molecule has 0 radical (unpaired) electrons. The summed E-state index contributed by atoms with van der Waals surface area (Å²) >= 11 is 0. The molecule has 0 amide bonds. The van der Waals surface area contributed by atoms with Gasteiger partial charge in [0.2, 0.25) is 0 Å². The summed E-state index contributed by atoms with van der Waals surface area (Å²) < 4.78 is 0. The van der Waals surface area contributed by atoms with Crippen LogP contribution in [0, 0.1) is 0 Å². The second-order valence-corrected chi connectivity index (χ2v) is 3.27. The fourth-order valence-electron chi connectivity index (χ4n) is 1.08. The van der Waals surface area contributed by atoms with Crippen molar-refractivity contribution >= 4 is 0 Å². The van der Waals surface area contributed by atoms with E-state index in [1.165, 1.54) is 12.5 Å². The lowest BCUT2D eigenvalue weighted by atomic mass is 10.3.